The quantitative estimate of drug-likeness (QED) is 0.592. The normalized spacial score (nSPS) is 12.0. The second-order valence-electron chi connectivity index (χ2n) is 5.76. The van der Waals surface area contributed by atoms with Crippen LogP contribution in [-0.4, -0.2) is 25.9 Å². The number of thioether (sulfide) groups is 1. The second-order valence-corrected chi connectivity index (χ2v) is 7.06. The SMILES string of the molecule is CC(Sc1n[nH]c(=O)n1CCc1ccccc1)C(=O)NCc1ccco1. The van der Waals surface area contributed by atoms with E-state index in [1.807, 2.05) is 30.3 Å². The molecule has 0 aliphatic rings. The number of amides is 1. The zero-order valence-electron chi connectivity index (χ0n) is 14.3. The minimum absolute atomic E-state index is 0.142. The fraction of sp³-hybridized carbons (Fsp3) is 0.278. The number of hydrogen-bond acceptors (Lipinski definition) is 5. The van der Waals surface area contributed by atoms with E-state index in [-0.39, 0.29) is 11.6 Å². The van der Waals surface area contributed by atoms with Crippen LogP contribution in [0.2, 0.25) is 0 Å². The van der Waals surface area contributed by atoms with Gasteiger partial charge in [-0.15, -0.1) is 5.10 Å². The Morgan fingerprint density at radius 1 is 1.31 bits per heavy atom. The maximum Gasteiger partial charge on any atom is 0.343 e. The summed E-state index contributed by atoms with van der Waals surface area (Å²) in [4.78, 5) is 24.3. The van der Waals surface area contributed by atoms with Crippen molar-refractivity contribution in [3.63, 3.8) is 0 Å². The Morgan fingerprint density at radius 3 is 2.85 bits per heavy atom. The average Bonchev–Trinajstić information content (AvgIpc) is 3.29. The van der Waals surface area contributed by atoms with Crippen molar-refractivity contribution in [2.75, 3.05) is 0 Å². The van der Waals surface area contributed by atoms with Crippen molar-refractivity contribution in [2.24, 2.45) is 0 Å². The van der Waals surface area contributed by atoms with Gasteiger partial charge in [-0.25, -0.2) is 9.89 Å². The van der Waals surface area contributed by atoms with Gasteiger partial charge >= 0.3 is 5.69 Å². The van der Waals surface area contributed by atoms with E-state index in [1.54, 1.807) is 29.9 Å². The lowest BCUT2D eigenvalue weighted by Crippen LogP contribution is -2.30. The molecular formula is C18H20N4O3S. The first-order valence-electron chi connectivity index (χ1n) is 8.29. The third kappa shape index (κ3) is 4.66. The highest BCUT2D eigenvalue weighted by atomic mass is 32.2. The molecule has 0 saturated carbocycles. The first kappa shape index (κ1) is 18.1. The molecule has 1 unspecified atom stereocenters. The number of aryl methyl sites for hydroxylation is 1. The van der Waals surface area contributed by atoms with Crippen molar-refractivity contribution in [1.29, 1.82) is 0 Å². The molecule has 0 aliphatic carbocycles. The number of aromatic nitrogens is 3. The summed E-state index contributed by atoms with van der Waals surface area (Å²) >= 11 is 1.25. The maximum absolute atomic E-state index is 12.2. The van der Waals surface area contributed by atoms with Crippen LogP contribution in [0.1, 0.15) is 18.2 Å². The van der Waals surface area contributed by atoms with Crippen molar-refractivity contribution in [1.82, 2.24) is 20.1 Å². The highest BCUT2D eigenvalue weighted by Crippen LogP contribution is 2.20. The summed E-state index contributed by atoms with van der Waals surface area (Å²) in [5, 5.41) is 9.44. The summed E-state index contributed by atoms with van der Waals surface area (Å²) < 4.78 is 6.76. The van der Waals surface area contributed by atoms with Gasteiger partial charge in [0.05, 0.1) is 18.1 Å². The Hall–Kier alpha value is -2.74. The molecule has 0 aliphatic heterocycles. The zero-order valence-corrected chi connectivity index (χ0v) is 15.2. The Labute approximate surface area is 154 Å². The number of rotatable bonds is 8. The molecule has 1 atom stereocenters. The highest BCUT2D eigenvalue weighted by molar-refractivity contribution is 8.00. The largest absolute Gasteiger partial charge is 0.467 e. The van der Waals surface area contributed by atoms with Crippen LogP contribution >= 0.6 is 11.8 Å². The Morgan fingerprint density at radius 2 is 2.12 bits per heavy atom. The van der Waals surface area contributed by atoms with Crippen molar-refractivity contribution in [3.8, 4) is 0 Å². The first-order chi connectivity index (χ1) is 12.6. The van der Waals surface area contributed by atoms with E-state index in [9.17, 15) is 9.59 Å². The van der Waals surface area contributed by atoms with Gasteiger partial charge in [-0.1, -0.05) is 42.1 Å². The van der Waals surface area contributed by atoms with Crippen LogP contribution < -0.4 is 11.0 Å². The van der Waals surface area contributed by atoms with Crippen molar-refractivity contribution in [3.05, 3.63) is 70.5 Å². The van der Waals surface area contributed by atoms with Crippen LogP contribution in [0.5, 0.6) is 0 Å². The predicted molar refractivity (Wildman–Crippen MR) is 98.9 cm³/mol. The summed E-state index contributed by atoms with van der Waals surface area (Å²) in [6.45, 7) is 2.61. The molecule has 0 radical (unpaired) electrons. The summed E-state index contributed by atoms with van der Waals surface area (Å²) in [5.74, 6) is 0.548. The number of hydrogen-bond donors (Lipinski definition) is 2. The molecule has 0 bridgehead atoms. The summed E-state index contributed by atoms with van der Waals surface area (Å²) in [6, 6.07) is 13.5. The molecule has 2 N–H and O–H groups in total. The van der Waals surface area contributed by atoms with E-state index in [0.717, 1.165) is 5.56 Å². The number of benzene rings is 1. The topological polar surface area (TPSA) is 92.9 Å². The minimum atomic E-state index is -0.393. The lowest BCUT2D eigenvalue weighted by Gasteiger charge is -2.11. The first-order valence-corrected chi connectivity index (χ1v) is 9.17. The molecule has 7 nitrogen and oxygen atoms in total. The van der Waals surface area contributed by atoms with Crippen LogP contribution in [0, 0.1) is 0 Å². The molecule has 2 aromatic heterocycles. The third-order valence-corrected chi connectivity index (χ3v) is 4.95. The fourth-order valence-electron chi connectivity index (χ4n) is 2.42. The number of nitrogens with one attached hydrogen (secondary N) is 2. The molecule has 1 aromatic carbocycles. The number of furan rings is 1. The van der Waals surface area contributed by atoms with Gasteiger partial charge in [-0.2, -0.15) is 0 Å². The number of nitrogens with zero attached hydrogens (tertiary/aromatic N) is 2. The van der Waals surface area contributed by atoms with E-state index < -0.39 is 5.25 Å². The smallest absolute Gasteiger partial charge is 0.343 e. The molecule has 8 heteroatoms. The van der Waals surface area contributed by atoms with Crippen molar-refractivity contribution >= 4 is 17.7 Å². The van der Waals surface area contributed by atoms with E-state index >= 15 is 0 Å². The van der Waals surface area contributed by atoms with E-state index in [4.69, 9.17) is 4.42 Å². The summed E-state index contributed by atoms with van der Waals surface area (Å²) in [7, 11) is 0. The molecule has 3 aromatic rings. The van der Waals surface area contributed by atoms with Crippen LogP contribution in [-0.2, 0) is 24.3 Å². The molecule has 0 fully saturated rings. The van der Waals surface area contributed by atoms with Crippen LogP contribution in [0.3, 0.4) is 0 Å². The Bertz CT molecular complexity index is 887. The fourth-order valence-corrected chi connectivity index (χ4v) is 3.33. The maximum atomic E-state index is 12.2. The van der Waals surface area contributed by atoms with Gasteiger partial charge < -0.3 is 9.73 Å². The van der Waals surface area contributed by atoms with Crippen LogP contribution in [0.15, 0.2) is 63.1 Å². The molecule has 1 amide bonds. The van der Waals surface area contributed by atoms with Gasteiger partial charge in [0.25, 0.3) is 0 Å². The number of carbonyl (C=O) groups is 1. The van der Waals surface area contributed by atoms with Gasteiger partial charge in [0.2, 0.25) is 5.91 Å². The minimum Gasteiger partial charge on any atom is -0.467 e. The highest BCUT2D eigenvalue weighted by Gasteiger charge is 2.19. The van der Waals surface area contributed by atoms with Gasteiger partial charge in [-0.3, -0.25) is 9.36 Å². The standard InChI is InChI=1S/C18H20N4O3S/c1-13(16(23)19-12-15-8-5-11-25-15)26-18-21-20-17(24)22(18)10-9-14-6-3-2-4-7-14/h2-8,11,13H,9-10,12H2,1H3,(H,19,23)(H,20,24). The van der Waals surface area contributed by atoms with Gasteiger partial charge in [-0.05, 0) is 31.0 Å². The number of aromatic amines is 1. The molecule has 0 saturated heterocycles. The van der Waals surface area contributed by atoms with Crippen LogP contribution in [0.25, 0.3) is 0 Å². The predicted octanol–water partition coefficient (Wildman–Crippen LogP) is 2.20. The molecule has 136 valence electrons. The average molecular weight is 372 g/mol. The Kier molecular flexibility index (Phi) is 5.96. The summed E-state index contributed by atoms with van der Waals surface area (Å²) in [5.41, 5.74) is 0.868. The second kappa shape index (κ2) is 8.57. The third-order valence-electron chi connectivity index (χ3n) is 3.86. The van der Waals surface area contributed by atoms with Gasteiger partial charge in [0.1, 0.15) is 5.76 Å². The lowest BCUT2D eigenvalue weighted by atomic mass is 10.1. The van der Waals surface area contributed by atoms with E-state index in [2.05, 4.69) is 15.5 Å². The van der Waals surface area contributed by atoms with Crippen LogP contribution in [0.4, 0.5) is 0 Å². The van der Waals surface area contributed by atoms with E-state index in [0.29, 0.717) is 30.4 Å². The molecule has 3 rings (SSSR count). The molecule has 0 spiro atoms. The zero-order chi connectivity index (χ0) is 18.4. The van der Waals surface area contributed by atoms with Gasteiger partial charge in [0, 0.05) is 6.54 Å². The lowest BCUT2D eigenvalue weighted by molar-refractivity contribution is -0.120. The summed E-state index contributed by atoms with van der Waals surface area (Å²) in [6.07, 6.45) is 2.28. The van der Waals surface area contributed by atoms with Crippen molar-refractivity contribution in [2.45, 2.75) is 36.8 Å². The molecular weight excluding hydrogens is 352 g/mol. The van der Waals surface area contributed by atoms with E-state index in [1.165, 1.54) is 11.8 Å². The number of H-pyrrole nitrogens is 1. The van der Waals surface area contributed by atoms with Gasteiger partial charge in [0.15, 0.2) is 5.16 Å². The number of carbonyl (C=O) groups excluding carboxylic acids is 1. The monoisotopic (exact) mass is 372 g/mol. The Balaban J connectivity index is 1.58. The molecule has 2 heterocycles. The molecule has 26 heavy (non-hydrogen) atoms. The van der Waals surface area contributed by atoms with Crippen molar-refractivity contribution < 1.29 is 9.21 Å².